The van der Waals surface area contributed by atoms with Crippen LogP contribution in [-0.4, -0.2) is 18.5 Å². The van der Waals surface area contributed by atoms with Crippen molar-refractivity contribution in [3.63, 3.8) is 0 Å². The first-order valence-corrected chi connectivity index (χ1v) is 5.35. The molecule has 0 atom stereocenters. The zero-order valence-corrected chi connectivity index (χ0v) is 10.2. The van der Waals surface area contributed by atoms with Crippen LogP contribution in [0.2, 0.25) is 0 Å². The molecule has 1 aromatic carbocycles. The summed E-state index contributed by atoms with van der Waals surface area (Å²) >= 11 is 3.22. The SMILES string of the molecule is N#Cc1ccc(NCC(=O)NC(N)=O)cc1Br. The Morgan fingerprint density at radius 3 is 2.71 bits per heavy atom. The Hall–Kier alpha value is -2.07. The second kappa shape index (κ2) is 5.86. The maximum atomic E-state index is 11.1. The number of nitrogens with one attached hydrogen (secondary N) is 2. The zero-order valence-electron chi connectivity index (χ0n) is 8.66. The number of halogens is 1. The molecular formula is C10H9BrN4O2. The molecule has 1 aromatic rings. The van der Waals surface area contributed by atoms with Gasteiger partial charge in [-0.1, -0.05) is 0 Å². The fourth-order valence-corrected chi connectivity index (χ4v) is 1.55. The van der Waals surface area contributed by atoms with Crippen molar-refractivity contribution >= 4 is 33.6 Å². The van der Waals surface area contributed by atoms with Crippen LogP contribution in [0.15, 0.2) is 22.7 Å². The molecule has 0 bridgehead atoms. The van der Waals surface area contributed by atoms with Gasteiger partial charge < -0.3 is 11.1 Å². The van der Waals surface area contributed by atoms with Gasteiger partial charge in [-0.25, -0.2) is 4.79 Å². The number of primary amides is 1. The number of nitrogens with zero attached hydrogens (tertiary/aromatic N) is 1. The van der Waals surface area contributed by atoms with Crippen LogP contribution >= 0.6 is 15.9 Å². The smallest absolute Gasteiger partial charge is 0.318 e. The summed E-state index contributed by atoms with van der Waals surface area (Å²) in [4.78, 5) is 21.5. The van der Waals surface area contributed by atoms with E-state index >= 15 is 0 Å². The van der Waals surface area contributed by atoms with Crippen LogP contribution < -0.4 is 16.4 Å². The van der Waals surface area contributed by atoms with E-state index in [1.165, 1.54) is 0 Å². The maximum absolute atomic E-state index is 11.1. The average Bonchev–Trinajstić information content (AvgIpc) is 2.25. The molecule has 0 saturated heterocycles. The third-order valence-corrected chi connectivity index (χ3v) is 2.46. The van der Waals surface area contributed by atoms with E-state index in [-0.39, 0.29) is 6.54 Å². The van der Waals surface area contributed by atoms with Gasteiger partial charge in [0.25, 0.3) is 0 Å². The Bertz CT molecular complexity index is 496. The number of benzene rings is 1. The lowest BCUT2D eigenvalue weighted by atomic mass is 10.2. The topological polar surface area (TPSA) is 108 Å². The molecule has 0 spiro atoms. The molecule has 3 amide bonds. The molecule has 0 saturated carbocycles. The fourth-order valence-electron chi connectivity index (χ4n) is 1.08. The number of carbonyl (C=O) groups is 2. The minimum absolute atomic E-state index is 0.0821. The van der Waals surface area contributed by atoms with Crippen LogP contribution in [0.25, 0.3) is 0 Å². The van der Waals surface area contributed by atoms with Gasteiger partial charge >= 0.3 is 6.03 Å². The highest BCUT2D eigenvalue weighted by atomic mass is 79.9. The van der Waals surface area contributed by atoms with Gasteiger partial charge in [-0.3, -0.25) is 10.1 Å². The highest BCUT2D eigenvalue weighted by Crippen LogP contribution is 2.20. The van der Waals surface area contributed by atoms with Crippen LogP contribution in [0, 0.1) is 11.3 Å². The van der Waals surface area contributed by atoms with E-state index in [4.69, 9.17) is 11.0 Å². The molecule has 0 heterocycles. The molecule has 88 valence electrons. The van der Waals surface area contributed by atoms with Gasteiger partial charge in [0.15, 0.2) is 0 Å². The van der Waals surface area contributed by atoms with Gasteiger partial charge in [0.1, 0.15) is 6.07 Å². The zero-order chi connectivity index (χ0) is 12.8. The summed E-state index contributed by atoms with van der Waals surface area (Å²) < 4.78 is 0.625. The van der Waals surface area contributed by atoms with Crippen molar-refractivity contribution in [3.05, 3.63) is 28.2 Å². The molecule has 0 radical (unpaired) electrons. The number of carbonyl (C=O) groups excluding carboxylic acids is 2. The van der Waals surface area contributed by atoms with Gasteiger partial charge in [0.05, 0.1) is 12.1 Å². The third kappa shape index (κ3) is 4.12. The predicted octanol–water partition coefficient (Wildman–Crippen LogP) is 0.928. The van der Waals surface area contributed by atoms with Crippen molar-refractivity contribution in [1.29, 1.82) is 5.26 Å². The van der Waals surface area contributed by atoms with Crippen LogP contribution in [-0.2, 0) is 4.79 Å². The summed E-state index contributed by atoms with van der Waals surface area (Å²) in [6.07, 6.45) is 0. The van der Waals surface area contributed by atoms with Crippen LogP contribution in [0.4, 0.5) is 10.5 Å². The number of hydrogen-bond donors (Lipinski definition) is 3. The van der Waals surface area contributed by atoms with Crippen molar-refractivity contribution in [2.45, 2.75) is 0 Å². The van der Waals surface area contributed by atoms with Crippen LogP contribution in [0.5, 0.6) is 0 Å². The Balaban J connectivity index is 2.59. The average molecular weight is 297 g/mol. The molecule has 0 aliphatic rings. The molecule has 0 aliphatic heterocycles. The second-order valence-electron chi connectivity index (χ2n) is 3.07. The normalized spacial score (nSPS) is 9.18. The van der Waals surface area contributed by atoms with Gasteiger partial charge in [0, 0.05) is 10.2 Å². The molecule has 0 aromatic heterocycles. The van der Waals surface area contributed by atoms with Crippen LogP contribution in [0.3, 0.4) is 0 Å². The van der Waals surface area contributed by atoms with Gasteiger partial charge in [-0.2, -0.15) is 5.26 Å². The molecule has 6 nitrogen and oxygen atoms in total. The quantitative estimate of drug-likeness (QED) is 0.771. The lowest BCUT2D eigenvalue weighted by molar-refractivity contribution is -0.118. The number of urea groups is 1. The minimum atomic E-state index is -0.891. The van der Waals surface area contributed by atoms with Crippen molar-refractivity contribution < 1.29 is 9.59 Å². The Morgan fingerprint density at radius 2 is 2.18 bits per heavy atom. The fraction of sp³-hybridized carbons (Fsp3) is 0.100. The number of hydrogen-bond acceptors (Lipinski definition) is 4. The van der Waals surface area contributed by atoms with Crippen molar-refractivity contribution in [1.82, 2.24) is 5.32 Å². The second-order valence-corrected chi connectivity index (χ2v) is 3.93. The molecule has 1 rings (SSSR count). The van der Waals surface area contributed by atoms with Gasteiger partial charge in [0.2, 0.25) is 5.91 Å². The van der Waals surface area contributed by atoms with Gasteiger partial charge in [-0.05, 0) is 34.1 Å². The van der Waals surface area contributed by atoms with E-state index in [0.29, 0.717) is 15.7 Å². The van der Waals surface area contributed by atoms with Crippen molar-refractivity contribution in [2.75, 3.05) is 11.9 Å². The molecule has 0 fully saturated rings. The Labute approximate surface area is 106 Å². The minimum Gasteiger partial charge on any atom is -0.376 e. The number of nitrogens with two attached hydrogens (primary N) is 1. The van der Waals surface area contributed by atoms with E-state index in [2.05, 4.69) is 21.2 Å². The molecule has 17 heavy (non-hydrogen) atoms. The summed E-state index contributed by atoms with van der Waals surface area (Å²) in [5.74, 6) is -0.530. The third-order valence-electron chi connectivity index (χ3n) is 1.81. The predicted molar refractivity (Wildman–Crippen MR) is 65.1 cm³/mol. The molecule has 0 aliphatic carbocycles. The van der Waals surface area contributed by atoms with E-state index in [1.807, 2.05) is 11.4 Å². The summed E-state index contributed by atoms with van der Waals surface area (Å²) in [5, 5.41) is 13.4. The highest BCUT2D eigenvalue weighted by molar-refractivity contribution is 9.10. The molecular weight excluding hydrogens is 288 g/mol. The summed E-state index contributed by atoms with van der Waals surface area (Å²) in [5.41, 5.74) is 5.93. The van der Waals surface area contributed by atoms with E-state index in [1.54, 1.807) is 18.2 Å². The first-order chi connectivity index (χ1) is 8.02. The molecule has 4 N–H and O–H groups in total. The number of imide groups is 1. The first kappa shape index (κ1) is 13.0. The number of rotatable bonds is 3. The largest absolute Gasteiger partial charge is 0.376 e. The molecule has 7 heteroatoms. The standard InChI is InChI=1S/C10H9BrN4O2/c11-8-3-7(2-1-6(8)4-12)14-5-9(16)15-10(13)17/h1-3,14H,5H2,(H3,13,15,16,17). The van der Waals surface area contributed by atoms with Crippen LogP contribution in [0.1, 0.15) is 5.56 Å². The maximum Gasteiger partial charge on any atom is 0.318 e. The monoisotopic (exact) mass is 296 g/mol. The number of anilines is 1. The van der Waals surface area contributed by atoms with Crippen molar-refractivity contribution in [3.8, 4) is 6.07 Å². The van der Waals surface area contributed by atoms with E-state index in [9.17, 15) is 9.59 Å². The number of amides is 3. The number of nitriles is 1. The van der Waals surface area contributed by atoms with E-state index in [0.717, 1.165) is 0 Å². The summed E-state index contributed by atoms with van der Waals surface area (Å²) in [7, 11) is 0. The summed E-state index contributed by atoms with van der Waals surface area (Å²) in [6.45, 7) is -0.0821. The summed E-state index contributed by atoms with van der Waals surface area (Å²) in [6, 6.07) is 6.03. The Kier molecular flexibility index (Phi) is 4.48. The molecule has 0 unspecified atom stereocenters. The van der Waals surface area contributed by atoms with Crippen molar-refractivity contribution in [2.24, 2.45) is 5.73 Å². The first-order valence-electron chi connectivity index (χ1n) is 4.55. The lowest BCUT2D eigenvalue weighted by Crippen LogP contribution is -2.38. The van der Waals surface area contributed by atoms with Gasteiger partial charge in [-0.15, -0.1) is 0 Å². The van der Waals surface area contributed by atoms with E-state index < -0.39 is 11.9 Å². The lowest BCUT2D eigenvalue weighted by Gasteiger charge is -2.06. The highest BCUT2D eigenvalue weighted by Gasteiger charge is 2.05. The Morgan fingerprint density at radius 1 is 1.47 bits per heavy atom.